The van der Waals surface area contributed by atoms with Crippen molar-refractivity contribution in [3.63, 3.8) is 0 Å². The number of anilines is 1. The summed E-state index contributed by atoms with van der Waals surface area (Å²) < 4.78 is 0. The maximum atomic E-state index is 11.3. The smallest absolute Gasteiger partial charge is 0.228 e. The minimum atomic E-state index is 0.0107. The molecule has 0 unspecified atom stereocenters. The second-order valence-corrected chi connectivity index (χ2v) is 3.38. The van der Waals surface area contributed by atoms with Gasteiger partial charge in [-0.2, -0.15) is 0 Å². The number of rotatable bonds is 2. The highest BCUT2D eigenvalue weighted by molar-refractivity contribution is 6.29. The van der Waals surface area contributed by atoms with Crippen LogP contribution >= 0.6 is 11.6 Å². The van der Waals surface area contributed by atoms with Crippen molar-refractivity contribution < 1.29 is 4.79 Å². The molecule has 0 atom stereocenters. The molecule has 5 heteroatoms. The topological polar surface area (TPSA) is 54.9 Å². The highest BCUT2D eigenvalue weighted by Gasteiger charge is 2.29. The molecule has 4 nitrogen and oxygen atoms in total. The molecule has 0 aromatic carbocycles. The summed E-state index contributed by atoms with van der Waals surface area (Å²) >= 11 is 5.60. The van der Waals surface area contributed by atoms with Crippen molar-refractivity contribution in [1.82, 2.24) is 9.97 Å². The number of carbonyl (C=O) groups excluding carboxylic acids is 1. The Kier molecular flexibility index (Phi) is 2.14. The van der Waals surface area contributed by atoms with E-state index >= 15 is 0 Å². The molecule has 1 aromatic heterocycles. The second-order valence-electron chi connectivity index (χ2n) is 2.99. The molecule has 1 aliphatic rings. The van der Waals surface area contributed by atoms with Crippen molar-refractivity contribution in [2.45, 2.75) is 12.8 Å². The zero-order valence-corrected chi connectivity index (χ0v) is 7.58. The summed E-state index contributed by atoms with van der Waals surface area (Å²) in [6.07, 6.45) is 4.85. The van der Waals surface area contributed by atoms with Crippen LogP contribution in [-0.2, 0) is 4.79 Å². The van der Waals surface area contributed by atoms with Gasteiger partial charge in [0.15, 0.2) is 5.82 Å². The molecule has 13 heavy (non-hydrogen) atoms. The Hall–Kier alpha value is -1.16. The predicted octanol–water partition coefficient (Wildman–Crippen LogP) is 1.48. The molecule has 0 radical (unpaired) electrons. The Morgan fingerprint density at radius 2 is 2.31 bits per heavy atom. The van der Waals surface area contributed by atoms with Gasteiger partial charge in [0.25, 0.3) is 0 Å². The number of carbonyl (C=O) groups is 1. The van der Waals surface area contributed by atoms with Gasteiger partial charge in [-0.3, -0.25) is 9.78 Å². The lowest BCUT2D eigenvalue weighted by atomic mass is 10.4. The fourth-order valence-corrected chi connectivity index (χ4v) is 1.12. The Balaban J connectivity index is 2.04. The zero-order chi connectivity index (χ0) is 9.26. The first-order chi connectivity index (χ1) is 6.25. The number of amides is 1. The highest BCUT2D eigenvalue weighted by Crippen LogP contribution is 2.29. The van der Waals surface area contributed by atoms with Gasteiger partial charge >= 0.3 is 0 Å². The lowest BCUT2D eigenvalue weighted by Crippen LogP contribution is -2.14. The van der Waals surface area contributed by atoms with E-state index in [0.717, 1.165) is 12.8 Å². The van der Waals surface area contributed by atoms with Gasteiger partial charge < -0.3 is 5.32 Å². The van der Waals surface area contributed by atoms with Crippen LogP contribution in [0, 0.1) is 5.92 Å². The highest BCUT2D eigenvalue weighted by atomic mass is 35.5. The van der Waals surface area contributed by atoms with Gasteiger partial charge in [-0.15, -0.1) is 0 Å². The number of nitrogens with one attached hydrogen (secondary N) is 1. The number of aromatic nitrogens is 2. The molecular weight excluding hydrogens is 190 g/mol. The molecule has 2 rings (SSSR count). The number of nitrogens with zero attached hydrogens (tertiary/aromatic N) is 2. The van der Waals surface area contributed by atoms with Crippen LogP contribution in [0.15, 0.2) is 12.4 Å². The maximum absolute atomic E-state index is 11.3. The molecular formula is C8H8ClN3O. The molecule has 0 aliphatic heterocycles. The molecule has 1 aliphatic carbocycles. The van der Waals surface area contributed by atoms with Crippen molar-refractivity contribution in [3.8, 4) is 0 Å². The van der Waals surface area contributed by atoms with E-state index < -0.39 is 0 Å². The summed E-state index contributed by atoms with van der Waals surface area (Å²) in [6, 6.07) is 0. The Morgan fingerprint density at radius 1 is 1.54 bits per heavy atom. The van der Waals surface area contributed by atoms with Crippen LogP contribution in [0.2, 0.25) is 5.15 Å². The monoisotopic (exact) mass is 197 g/mol. The lowest BCUT2D eigenvalue weighted by Gasteiger charge is -2.01. The van der Waals surface area contributed by atoms with E-state index in [4.69, 9.17) is 11.6 Å². The van der Waals surface area contributed by atoms with Gasteiger partial charge in [0.05, 0.1) is 12.4 Å². The maximum Gasteiger partial charge on any atom is 0.228 e. The Labute approximate surface area is 80.3 Å². The first kappa shape index (κ1) is 8.44. The van der Waals surface area contributed by atoms with Gasteiger partial charge in [-0.25, -0.2) is 4.98 Å². The summed E-state index contributed by atoms with van der Waals surface area (Å²) in [6.45, 7) is 0. The summed E-state index contributed by atoms with van der Waals surface area (Å²) in [5, 5.41) is 2.93. The molecule has 1 aromatic rings. The fraction of sp³-hybridized carbons (Fsp3) is 0.375. The third-order valence-electron chi connectivity index (χ3n) is 1.80. The third kappa shape index (κ3) is 2.15. The van der Waals surface area contributed by atoms with Crippen LogP contribution < -0.4 is 5.32 Å². The number of hydrogen-bond acceptors (Lipinski definition) is 3. The summed E-state index contributed by atoms with van der Waals surface area (Å²) in [7, 11) is 0. The van der Waals surface area contributed by atoms with Crippen LogP contribution in [0.4, 0.5) is 5.82 Å². The minimum Gasteiger partial charge on any atom is -0.309 e. The molecule has 68 valence electrons. The van der Waals surface area contributed by atoms with Gasteiger partial charge in [-0.05, 0) is 12.8 Å². The third-order valence-corrected chi connectivity index (χ3v) is 1.99. The van der Waals surface area contributed by atoms with Crippen LogP contribution in [-0.4, -0.2) is 15.9 Å². The molecule has 0 spiro atoms. The van der Waals surface area contributed by atoms with E-state index in [0.29, 0.717) is 5.82 Å². The lowest BCUT2D eigenvalue weighted by molar-refractivity contribution is -0.117. The van der Waals surface area contributed by atoms with E-state index in [1.807, 2.05) is 0 Å². The molecule has 1 heterocycles. The number of halogens is 1. The summed E-state index contributed by atoms with van der Waals surface area (Å²) in [5.41, 5.74) is 0. The van der Waals surface area contributed by atoms with Crippen molar-refractivity contribution >= 4 is 23.3 Å². The van der Waals surface area contributed by atoms with Crippen LogP contribution in [0.25, 0.3) is 0 Å². The van der Waals surface area contributed by atoms with Crippen molar-refractivity contribution in [1.29, 1.82) is 0 Å². The largest absolute Gasteiger partial charge is 0.309 e. The molecule has 0 saturated heterocycles. The number of hydrogen-bond donors (Lipinski definition) is 1. The van der Waals surface area contributed by atoms with Gasteiger partial charge in [0, 0.05) is 5.92 Å². The quantitative estimate of drug-likeness (QED) is 0.782. The van der Waals surface area contributed by atoms with E-state index in [1.54, 1.807) is 0 Å². The Morgan fingerprint density at radius 3 is 2.92 bits per heavy atom. The fourth-order valence-electron chi connectivity index (χ4n) is 0.976. The molecule has 0 bridgehead atoms. The molecule has 1 saturated carbocycles. The molecule has 1 N–H and O–H groups in total. The van der Waals surface area contributed by atoms with Crippen LogP contribution in [0.3, 0.4) is 0 Å². The predicted molar refractivity (Wildman–Crippen MR) is 48.4 cm³/mol. The van der Waals surface area contributed by atoms with Gasteiger partial charge in [0.2, 0.25) is 5.91 Å². The Bertz CT molecular complexity index is 338. The molecule has 1 amide bonds. The first-order valence-corrected chi connectivity index (χ1v) is 4.42. The van der Waals surface area contributed by atoms with E-state index in [1.165, 1.54) is 12.4 Å². The average molecular weight is 198 g/mol. The van der Waals surface area contributed by atoms with E-state index in [-0.39, 0.29) is 17.0 Å². The minimum absolute atomic E-state index is 0.0107. The standard InChI is InChI=1S/C8H8ClN3O/c9-6-3-10-4-7(11-6)12-8(13)5-1-2-5/h3-5H,1-2H2,(H,11,12,13). The first-order valence-electron chi connectivity index (χ1n) is 4.04. The second kappa shape index (κ2) is 3.30. The summed E-state index contributed by atoms with van der Waals surface area (Å²) in [5.74, 6) is 0.599. The normalized spacial score (nSPS) is 15.5. The van der Waals surface area contributed by atoms with Gasteiger partial charge in [0.1, 0.15) is 5.15 Å². The zero-order valence-electron chi connectivity index (χ0n) is 6.83. The van der Waals surface area contributed by atoms with Crippen LogP contribution in [0.5, 0.6) is 0 Å². The van der Waals surface area contributed by atoms with Crippen LogP contribution in [0.1, 0.15) is 12.8 Å². The SMILES string of the molecule is O=C(Nc1cncc(Cl)n1)C1CC1. The molecule has 1 fully saturated rings. The van der Waals surface area contributed by atoms with Gasteiger partial charge in [-0.1, -0.05) is 11.6 Å². The van der Waals surface area contributed by atoms with E-state index in [2.05, 4.69) is 15.3 Å². The van der Waals surface area contributed by atoms with Crippen molar-refractivity contribution in [3.05, 3.63) is 17.5 Å². The summed E-state index contributed by atoms with van der Waals surface area (Å²) in [4.78, 5) is 19.0. The average Bonchev–Trinajstić information content (AvgIpc) is 2.85. The van der Waals surface area contributed by atoms with E-state index in [9.17, 15) is 4.79 Å². The van der Waals surface area contributed by atoms with Crippen molar-refractivity contribution in [2.24, 2.45) is 5.92 Å². The van der Waals surface area contributed by atoms with Crippen molar-refractivity contribution in [2.75, 3.05) is 5.32 Å².